The standard InChI is InChI=1S/C17H12F4N4/c1-22-9-14-16(24-25-23-14)11-7-5-10(6-8-11)12-3-2-4-13(15(12)18)17(19,20)21/h2-9H,1H3,(H,23,24,25). The highest BCUT2D eigenvalue weighted by atomic mass is 19.4. The van der Waals surface area contributed by atoms with Crippen LogP contribution < -0.4 is 0 Å². The zero-order valence-electron chi connectivity index (χ0n) is 13.0. The summed E-state index contributed by atoms with van der Waals surface area (Å²) in [4.78, 5) is 3.87. The largest absolute Gasteiger partial charge is 0.419 e. The molecule has 0 bridgehead atoms. The van der Waals surface area contributed by atoms with E-state index in [2.05, 4.69) is 20.4 Å². The summed E-state index contributed by atoms with van der Waals surface area (Å²) >= 11 is 0. The molecule has 4 nitrogen and oxygen atoms in total. The van der Waals surface area contributed by atoms with Gasteiger partial charge < -0.3 is 0 Å². The Balaban J connectivity index is 2.00. The maximum Gasteiger partial charge on any atom is 0.419 e. The number of aromatic amines is 1. The zero-order valence-corrected chi connectivity index (χ0v) is 13.0. The number of H-pyrrole nitrogens is 1. The lowest BCUT2D eigenvalue weighted by Crippen LogP contribution is -2.08. The lowest BCUT2D eigenvalue weighted by molar-refractivity contribution is -0.139. The van der Waals surface area contributed by atoms with Gasteiger partial charge in [0, 0.05) is 18.2 Å². The van der Waals surface area contributed by atoms with E-state index < -0.39 is 17.6 Å². The van der Waals surface area contributed by atoms with Crippen molar-refractivity contribution in [3.63, 3.8) is 0 Å². The van der Waals surface area contributed by atoms with Crippen LogP contribution in [-0.2, 0) is 6.18 Å². The molecule has 0 saturated carbocycles. The molecule has 128 valence electrons. The predicted molar refractivity (Wildman–Crippen MR) is 85.7 cm³/mol. The minimum absolute atomic E-state index is 0.114. The third kappa shape index (κ3) is 3.28. The summed E-state index contributed by atoms with van der Waals surface area (Å²) < 4.78 is 52.7. The number of hydrogen-bond donors (Lipinski definition) is 1. The maximum absolute atomic E-state index is 14.2. The summed E-state index contributed by atoms with van der Waals surface area (Å²) in [5.41, 5.74) is 0.687. The van der Waals surface area contributed by atoms with Crippen LogP contribution in [0.3, 0.4) is 0 Å². The van der Waals surface area contributed by atoms with Gasteiger partial charge in [-0.2, -0.15) is 28.6 Å². The molecule has 0 amide bonds. The van der Waals surface area contributed by atoms with Gasteiger partial charge in [-0.05, 0) is 11.6 Å². The van der Waals surface area contributed by atoms with Crippen LogP contribution in [-0.4, -0.2) is 28.7 Å². The molecule has 3 aromatic rings. The Bertz CT molecular complexity index is 911. The van der Waals surface area contributed by atoms with Gasteiger partial charge in [0.05, 0.1) is 11.8 Å². The average Bonchev–Trinajstić information content (AvgIpc) is 3.03. The normalized spacial score (nSPS) is 12.0. The van der Waals surface area contributed by atoms with Gasteiger partial charge in [-0.25, -0.2) is 4.39 Å². The van der Waals surface area contributed by atoms with Gasteiger partial charge in [0.2, 0.25) is 0 Å². The number of nitrogens with zero attached hydrogens (tertiary/aromatic N) is 3. The van der Waals surface area contributed by atoms with E-state index in [1.54, 1.807) is 19.2 Å². The number of benzene rings is 2. The lowest BCUT2D eigenvalue weighted by atomic mass is 9.99. The van der Waals surface area contributed by atoms with Crippen LogP contribution >= 0.6 is 0 Å². The van der Waals surface area contributed by atoms with Crippen LogP contribution in [0.25, 0.3) is 22.4 Å². The molecule has 0 fully saturated rings. The molecule has 0 spiro atoms. The Morgan fingerprint density at radius 3 is 2.32 bits per heavy atom. The van der Waals surface area contributed by atoms with Gasteiger partial charge in [0.25, 0.3) is 0 Å². The quantitative estimate of drug-likeness (QED) is 0.565. The molecule has 25 heavy (non-hydrogen) atoms. The Morgan fingerprint density at radius 2 is 1.68 bits per heavy atom. The first-order chi connectivity index (χ1) is 11.9. The van der Waals surface area contributed by atoms with Gasteiger partial charge in [-0.3, -0.25) is 4.99 Å². The van der Waals surface area contributed by atoms with Crippen molar-refractivity contribution in [1.29, 1.82) is 0 Å². The molecule has 0 radical (unpaired) electrons. The number of halogens is 4. The molecule has 3 rings (SSSR count). The van der Waals surface area contributed by atoms with Crippen LogP contribution in [0.15, 0.2) is 47.5 Å². The molecule has 1 N–H and O–H groups in total. The fourth-order valence-corrected chi connectivity index (χ4v) is 2.45. The van der Waals surface area contributed by atoms with Crippen molar-refractivity contribution in [1.82, 2.24) is 15.4 Å². The molecule has 2 aromatic carbocycles. The van der Waals surface area contributed by atoms with Crippen LogP contribution in [0.2, 0.25) is 0 Å². The molecule has 0 atom stereocenters. The van der Waals surface area contributed by atoms with Crippen molar-refractivity contribution in [3.05, 3.63) is 59.5 Å². The molecule has 0 aliphatic rings. The van der Waals surface area contributed by atoms with Crippen molar-refractivity contribution >= 4 is 6.21 Å². The van der Waals surface area contributed by atoms with Gasteiger partial charge in [-0.1, -0.05) is 36.4 Å². The van der Waals surface area contributed by atoms with Gasteiger partial charge >= 0.3 is 6.18 Å². The molecule has 0 aliphatic heterocycles. The molecular weight excluding hydrogens is 336 g/mol. The Morgan fingerprint density at radius 1 is 1.00 bits per heavy atom. The molecule has 0 saturated heterocycles. The topological polar surface area (TPSA) is 53.9 Å². The average molecular weight is 348 g/mol. The Kier molecular flexibility index (Phi) is 4.35. The fourth-order valence-electron chi connectivity index (χ4n) is 2.45. The second-order valence-electron chi connectivity index (χ2n) is 5.19. The van der Waals surface area contributed by atoms with Crippen molar-refractivity contribution in [2.24, 2.45) is 4.99 Å². The number of alkyl halides is 3. The molecule has 1 aromatic heterocycles. The summed E-state index contributed by atoms with van der Waals surface area (Å²) in [6, 6.07) is 9.57. The molecule has 0 unspecified atom stereocenters. The van der Waals surface area contributed by atoms with E-state index in [4.69, 9.17) is 0 Å². The van der Waals surface area contributed by atoms with E-state index >= 15 is 0 Å². The highest BCUT2D eigenvalue weighted by Gasteiger charge is 2.34. The van der Waals surface area contributed by atoms with Crippen LogP contribution in [0.4, 0.5) is 17.6 Å². The van der Waals surface area contributed by atoms with Crippen molar-refractivity contribution < 1.29 is 17.6 Å². The summed E-state index contributed by atoms with van der Waals surface area (Å²) in [6.07, 6.45) is -3.21. The van der Waals surface area contributed by atoms with E-state index in [-0.39, 0.29) is 5.56 Å². The zero-order chi connectivity index (χ0) is 18.0. The summed E-state index contributed by atoms with van der Waals surface area (Å²) in [5, 5.41) is 10.5. The van der Waals surface area contributed by atoms with Gasteiger partial charge in [-0.15, -0.1) is 0 Å². The second kappa shape index (κ2) is 6.46. The lowest BCUT2D eigenvalue weighted by Gasteiger charge is -2.11. The summed E-state index contributed by atoms with van der Waals surface area (Å²) in [5.74, 6) is -1.29. The van der Waals surface area contributed by atoms with Crippen LogP contribution in [0.1, 0.15) is 11.3 Å². The van der Waals surface area contributed by atoms with Crippen LogP contribution in [0.5, 0.6) is 0 Å². The monoisotopic (exact) mass is 348 g/mol. The second-order valence-corrected chi connectivity index (χ2v) is 5.19. The SMILES string of the molecule is CN=Cc1n[nH]nc1-c1ccc(-c2cccc(C(F)(F)F)c2F)cc1. The first-order valence-corrected chi connectivity index (χ1v) is 7.21. The smallest absolute Gasteiger partial charge is 0.294 e. The highest BCUT2D eigenvalue weighted by Crippen LogP contribution is 2.35. The first-order valence-electron chi connectivity index (χ1n) is 7.21. The number of rotatable bonds is 3. The maximum atomic E-state index is 14.2. The Labute approximate surface area is 140 Å². The van der Waals surface area contributed by atoms with Crippen molar-refractivity contribution in [2.75, 3.05) is 7.05 Å². The number of nitrogens with one attached hydrogen (secondary N) is 1. The van der Waals surface area contributed by atoms with Gasteiger partial charge in [0.1, 0.15) is 17.2 Å². The molecule has 8 heteroatoms. The molecule has 1 heterocycles. The van der Waals surface area contributed by atoms with Crippen molar-refractivity contribution in [2.45, 2.75) is 6.18 Å². The number of hydrogen-bond acceptors (Lipinski definition) is 3. The van der Waals surface area contributed by atoms with E-state index in [0.717, 1.165) is 6.07 Å². The van der Waals surface area contributed by atoms with E-state index in [1.807, 2.05) is 0 Å². The third-order valence-corrected chi connectivity index (χ3v) is 3.60. The number of aliphatic imine (C=N–C) groups is 1. The Hall–Kier alpha value is -3.03. The van der Waals surface area contributed by atoms with E-state index in [0.29, 0.717) is 22.5 Å². The fraction of sp³-hybridized carbons (Fsp3) is 0.118. The van der Waals surface area contributed by atoms with Crippen LogP contribution in [0, 0.1) is 5.82 Å². The van der Waals surface area contributed by atoms with E-state index in [9.17, 15) is 17.6 Å². The minimum Gasteiger partial charge on any atom is -0.294 e. The summed E-state index contributed by atoms with van der Waals surface area (Å²) in [7, 11) is 1.60. The minimum atomic E-state index is -4.74. The third-order valence-electron chi connectivity index (χ3n) is 3.60. The molecular formula is C17H12F4N4. The van der Waals surface area contributed by atoms with Gasteiger partial charge in [0.15, 0.2) is 0 Å². The van der Waals surface area contributed by atoms with Crippen molar-refractivity contribution in [3.8, 4) is 22.4 Å². The number of aromatic nitrogens is 3. The highest BCUT2D eigenvalue weighted by molar-refractivity contribution is 5.86. The summed E-state index contributed by atoms with van der Waals surface area (Å²) in [6.45, 7) is 0. The predicted octanol–water partition coefficient (Wildman–Crippen LogP) is 4.35. The first kappa shape index (κ1) is 16.8. The van der Waals surface area contributed by atoms with E-state index in [1.165, 1.54) is 30.5 Å². The molecule has 0 aliphatic carbocycles.